The molecule has 2 N–H and O–H groups in total. The number of nitrogens with one attached hydrogen (secondary N) is 2. The topological polar surface area (TPSA) is 102 Å². The highest BCUT2D eigenvalue weighted by molar-refractivity contribution is 6.30. The van der Waals surface area contributed by atoms with Crippen molar-refractivity contribution < 1.29 is 28.2 Å². The molecule has 3 heterocycles. The number of pyridine rings is 1. The maximum atomic E-state index is 14.2. The molecule has 2 aliphatic heterocycles. The van der Waals surface area contributed by atoms with Gasteiger partial charge in [-0.2, -0.15) is 0 Å². The third kappa shape index (κ3) is 7.56. The minimum atomic E-state index is -0.446. The lowest BCUT2D eigenvalue weighted by Crippen LogP contribution is -2.39. The first-order chi connectivity index (χ1) is 20.4. The van der Waals surface area contributed by atoms with Crippen molar-refractivity contribution in [2.24, 2.45) is 0 Å². The molecule has 0 spiro atoms. The number of benzene rings is 2. The second-order valence-corrected chi connectivity index (χ2v) is 10.9. The number of hydrogen-bond donors (Lipinski definition) is 2. The van der Waals surface area contributed by atoms with Gasteiger partial charge in [0, 0.05) is 35.5 Å². The van der Waals surface area contributed by atoms with Crippen molar-refractivity contribution in [3.05, 3.63) is 82.3 Å². The minimum absolute atomic E-state index is 0.0527. The number of aromatic nitrogens is 1. The van der Waals surface area contributed by atoms with Gasteiger partial charge in [0.2, 0.25) is 11.8 Å². The fourth-order valence-corrected chi connectivity index (χ4v) is 5.29. The third-order valence-electron chi connectivity index (χ3n) is 7.60. The van der Waals surface area contributed by atoms with E-state index in [0.717, 1.165) is 44.5 Å². The van der Waals surface area contributed by atoms with Crippen LogP contribution in [-0.4, -0.2) is 67.8 Å². The third-order valence-corrected chi connectivity index (χ3v) is 7.84. The molecule has 1 atom stereocenters. The molecule has 1 aromatic heterocycles. The molecule has 2 aliphatic rings. The minimum Gasteiger partial charge on any atom is -0.472 e. The van der Waals surface area contributed by atoms with Crippen LogP contribution in [0.25, 0.3) is 0 Å². The van der Waals surface area contributed by atoms with E-state index in [2.05, 4.69) is 20.5 Å². The second-order valence-electron chi connectivity index (χ2n) is 10.4. The Bertz CT molecular complexity index is 1410. The predicted molar refractivity (Wildman–Crippen MR) is 158 cm³/mol. The van der Waals surface area contributed by atoms with Gasteiger partial charge in [-0.15, -0.1) is 0 Å². The molecule has 0 saturated carbocycles. The Balaban J connectivity index is 1.16. The van der Waals surface area contributed by atoms with Crippen LogP contribution in [0.1, 0.15) is 46.7 Å². The first-order valence-electron chi connectivity index (χ1n) is 14.0. The molecule has 222 valence electrons. The summed E-state index contributed by atoms with van der Waals surface area (Å²) in [5, 5.41) is 6.62. The summed E-state index contributed by atoms with van der Waals surface area (Å²) < 4.78 is 30.5. The monoisotopic (exact) mass is 596 g/mol. The Morgan fingerprint density at radius 1 is 1.12 bits per heavy atom. The van der Waals surface area contributed by atoms with Gasteiger partial charge in [-0.05, 0) is 74.7 Å². The van der Waals surface area contributed by atoms with E-state index in [1.165, 1.54) is 13.2 Å². The molecule has 9 nitrogen and oxygen atoms in total. The van der Waals surface area contributed by atoms with Gasteiger partial charge in [0.1, 0.15) is 12.4 Å². The Morgan fingerprint density at radius 2 is 1.93 bits per heavy atom. The number of carbonyl (C=O) groups excluding carboxylic acids is 2. The summed E-state index contributed by atoms with van der Waals surface area (Å²) in [6.45, 7) is 3.07. The van der Waals surface area contributed by atoms with E-state index < -0.39 is 11.8 Å². The molecule has 0 aliphatic carbocycles. The molecule has 1 amide bonds. The summed E-state index contributed by atoms with van der Waals surface area (Å²) in [4.78, 5) is 31.6. The number of piperidine rings is 1. The maximum Gasteiger partial charge on any atom is 0.337 e. The van der Waals surface area contributed by atoms with Gasteiger partial charge in [-0.25, -0.2) is 14.2 Å². The number of nitrogens with zero attached hydrogens (tertiary/aromatic N) is 2. The summed E-state index contributed by atoms with van der Waals surface area (Å²) in [6.07, 6.45) is 4.39. The van der Waals surface area contributed by atoms with Crippen LogP contribution in [0.15, 0.2) is 54.7 Å². The molecule has 3 aromatic rings. The number of ether oxygens (including phenoxy) is 3. The zero-order chi connectivity index (χ0) is 29.5. The number of anilines is 2. The van der Waals surface area contributed by atoms with Crippen LogP contribution in [-0.2, 0) is 20.9 Å². The molecule has 2 fully saturated rings. The van der Waals surface area contributed by atoms with Gasteiger partial charge in [0.25, 0.3) is 0 Å². The van der Waals surface area contributed by atoms with Crippen molar-refractivity contribution in [1.29, 1.82) is 0 Å². The van der Waals surface area contributed by atoms with Crippen molar-refractivity contribution in [3.8, 4) is 5.88 Å². The Morgan fingerprint density at radius 3 is 2.64 bits per heavy atom. The number of halogens is 2. The van der Waals surface area contributed by atoms with Crippen LogP contribution >= 0.6 is 11.6 Å². The average molecular weight is 597 g/mol. The van der Waals surface area contributed by atoms with Crippen LogP contribution in [0.4, 0.5) is 15.8 Å². The van der Waals surface area contributed by atoms with Gasteiger partial charge >= 0.3 is 5.97 Å². The van der Waals surface area contributed by atoms with E-state index in [1.807, 2.05) is 12.1 Å². The Kier molecular flexibility index (Phi) is 9.89. The van der Waals surface area contributed by atoms with Crippen molar-refractivity contribution in [1.82, 2.24) is 9.88 Å². The quantitative estimate of drug-likeness (QED) is 0.289. The number of likely N-dealkylation sites (tertiary alicyclic amines) is 1. The highest BCUT2D eigenvalue weighted by Crippen LogP contribution is 2.33. The smallest absolute Gasteiger partial charge is 0.337 e. The molecule has 0 bridgehead atoms. The zero-order valence-electron chi connectivity index (χ0n) is 23.4. The summed E-state index contributed by atoms with van der Waals surface area (Å²) in [6, 6.07) is 13.4. The molecule has 2 aromatic carbocycles. The molecule has 42 heavy (non-hydrogen) atoms. The lowest BCUT2D eigenvalue weighted by Gasteiger charge is -2.32. The van der Waals surface area contributed by atoms with E-state index in [-0.39, 0.29) is 31.1 Å². The van der Waals surface area contributed by atoms with Gasteiger partial charge in [0.15, 0.2) is 0 Å². The fourth-order valence-electron chi connectivity index (χ4n) is 5.13. The largest absolute Gasteiger partial charge is 0.472 e. The van der Waals surface area contributed by atoms with E-state index in [1.54, 1.807) is 36.5 Å². The Hall–Kier alpha value is -3.73. The Labute approximate surface area is 249 Å². The number of amides is 1. The van der Waals surface area contributed by atoms with E-state index in [9.17, 15) is 14.0 Å². The van der Waals surface area contributed by atoms with Crippen LogP contribution in [0.5, 0.6) is 5.88 Å². The lowest BCUT2D eigenvalue weighted by molar-refractivity contribution is -0.117. The molecule has 0 unspecified atom stereocenters. The van der Waals surface area contributed by atoms with E-state index in [4.69, 9.17) is 25.8 Å². The van der Waals surface area contributed by atoms with Gasteiger partial charge < -0.3 is 24.8 Å². The number of methoxy groups -OCH3 is 1. The van der Waals surface area contributed by atoms with Crippen LogP contribution in [0.3, 0.4) is 0 Å². The van der Waals surface area contributed by atoms with E-state index >= 15 is 0 Å². The van der Waals surface area contributed by atoms with E-state index in [0.29, 0.717) is 39.9 Å². The highest BCUT2D eigenvalue weighted by Gasteiger charge is 2.25. The van der Waals surface area contributed by atoms with Crippen LogP contribution in [0, 0.1) is 5.82 Å². The molecular formula is C31H34ClFN4O5. The fraction of sp³-hybridized carbons (Fsp3) is 0.387. The average Bonchev–Trinajstić information content (AvgIpc) is 2.97. The molecule has 11 heteroatoms. The molecule has 0 radical (unpaired) electrons. The molecular weight excluding hydrogens is 563 g/mol. The van der Waals surface area contributed by atoms with Crippen molar-refractivity contribution in [2.45, 2.75) is 37.9 Å². The molecule has 5 rings (SSSR count). The lowest BCUT2D eigenvalue weighted by atomic mass is 9.90. The molecule has 2 saturated heterocycles. The standard InChI is InChI=1S/C31H34ClFN4O5/c1-40-31(39)21-5-7-27(28(15-21)35-17-24-10-14-41-24)36-29(38)18-37-12-8-20(9-13-37)25-3-2-11-34-30(25)42-19-22-4-6-23(32)16-26(22)33/h2-7,11,15-16,20,24,35H,8-10,12-14,17-19H2,1H3,(H,36,38)/t24-/m0/s1. The van der Waals surface area contributed by atoms with Crippen molar-refractivity contribution >= 4 is 34.9 Å². The maximum absolute atomic E-state index is 14.2. The summed E-state index contributed by atoms with van der Waals surface area (Å²) in [5.74, 6) is -0.305. The van der Waals surface area contributed by atoms with Gasteiger partial charge in [-0.1, -0.05) is 23.7 Å². The number of hydrogen-bond acceptors (Lipinski definition) is 8. The highest BCUT2D eigenvalue weighted by atomic mass is 35.5. The van der Waals surface area contributed by atoms with Gasteiger partial charge in [-0.3, -0.25) is 9.69 Å². The summed E-state index contributed by atoms with van der Waals surface area (Å²) >= 11 is 5.86. The number of rotatable bonds is 11. The SMILES string of the molecule is COC(=O)c1ccc(NC(=O)CN2CCC(c3cccnc3OCc3ccc(Cl)cc3F)CC2)c(NC[C@@H]2CCO2)c1. The first-order valence-corrected chi connectivity index (χ1v) is 14.4. The van der Waals surface area contributed by atoms with Crippen LogP contribution in [0.2, 0.25) is 5.02 Å². The normalized spacial score (nSPS) is 17.3. The van der Waals surface area contributed by atoms with Crippen molar-refractivity contribution in [2.75, 3.05) is 50.5 Å². The second kappa shape index (κ2) is 14.0. The first kappa shape index (κ1) is 29.8. The van der Waals surface area contributed by atoms with Crippen molar-refractivity contribution in [3.63, 3.8) is 0 Å². The zero-order valence-corrected chi connectivity index (χ0v) is 24.2. The number of esters is 1. The summed E-state index contributed by atoms with van der Waals surface area (Å²) in [5.41, 5.74) is 3.02. The predicted octanol–water partition coefficient (Wildman–Crippen LogP) is 5.26. The number of carbonyl (C=O) groups is 2. The van der Waals surface area contributed by atoms with Crippen LogP contribution < -0.4 is 15.4 Å². The summed E-state index contributed by atoms with van der Waals surface area (Å²) in [7, 11) is 1.33. The van der Waals surface area contributed by atoms with Gasteiger partial charge in [0.05, 0.1) is 36.7 Å².